The van der Waals surface area contributed by atoms with E-state index in [0.29, 0.717) is 5.92 Å². The summed E-state index contributed by atoms with van der Waals surface area (Å²) in [5.74, 6) is 1.27. The van der Waals surface area contributed by atoms with Gasteiger partial charge in [-0.15, -0.1) is 11.3 Å². The van der Waals surface area contributed by atoms with Crippen molar-refractivity contribution in [2.75, 3.05) is 0 Å². The fourth-order valence-electron chi connectivity index (χ4n) is 1.47. The van der Waals surface area contributed by atoms with Crippen LogP contribution in [0.4, 0.5) is 0 Å². The molecule has 0 amide bonds. The lowest BCUT2D eigenvalue weighted by Crippen LogP contribution is -2.09. The van der Waals surface area contributed by atoms with Gasteiger partial charge < -0.3 is 0 Å². The zero-order valence-corrected chi connectivity index (χ0v) is 10.6. The van der Waals surface area contributed by atoms with E-state index < -0.39 is 0 Å². The number of aromatic nitrogens is 1. The second-order valence-corrected chi connectivity index (χ2v) is 5.52. The van der Waals surface area contributed by atoms with Crippen LogP contribution in [0.15, 0.2) is 0 Å². The van der Waals surface area contributed by atoms with Gasteiger partial charge in [0.15, 0.2) is 7.28 Å². The molecule has 0 saturated heterocycles. The topological polar surface area (TPSA) is 12.9 Å². The van der Waals surface area contributed by atoms with Crippen molar-refractivity contribution in [3.63, 3.8) is 0 Å². The van der Waals surface area contributed by atoms with Crippen LogP contribution in [-0.2, 0) is 6.42 Å². The largest absolute Gasteiger partial charge is 0.257 e. The number of rotatable bonds is 4. The van der Waals surface area contributed by atoms with E-state index in [1.165, 1.54) is 21.9 Å². The maximum atomic E-state index is 4.64. The molecule has 14 heavy (non-hydrogen) atoms. The lowest BCUT2D eigenvalue weighted by molar-refractivity contribution is 0.643. The van der Waals surface area contributed by atoms with Crippen LogP contribution in [-0.4, -0.2) is 12.3 Å². The van der Waals surface area contributed by atoms with Crippen LogP contribution >= 0.6 is 11.3 Å². The first-order valence-corrected chi connectivity index (χ1v) is 6.15. The van der Waals surface area contributed by atoms with Gasteiger partial charge in [0.2, 0.25) is 0 Å². The monoisotopic (exact) mass is 208 g/mol. The summed E-state index contributed by atoms with van der Waals surface area (Å²) >= 11 is 1.85. The van der Waals surface area contributed by atoms with E-state index in [4.69, 9.17) is 0 Å². The van der Waals surface area contributed by atoms with E-state index in [2.05, 4.69) is 46.8 Å². The van der Waals surface area contributed by atoms with Gasteiger partial charge in [0.1, 0.15) is 0 Å². The van der Waals surface area contributed by atoms with Crippen molar-refractivity contribution in [1.29, 1.82) is 0 Å². The molecule has 0 saturated carbocycles. The van der Waals surface area contributed by atoms with Gasteiger partial charge in [0.05, 0.1) is 5.69 Å². The Morgan fingerprint density at radius 3 is 2.36 bits per heavy atom. The molecule has 1 nitrogen and oxygen atoms in total. The predicted octanol–water partition coefficient (Wildman–Crippen LogP) is 2.84. The number of hydrogen-bond acceptors (Lipinski definition) is 2. The lowest BCUT2D eigenvalue weighted by atomic mass is 9.84. The van der Waals surface area contributed by atoms with Crippen molar-refractivity contribution in [3.05, 3.63) is 10.6 Å². The van der Waals surface area contributed by atoms with E-state index in [9.17, 15) is 0 Å². The molecule has 1 rings (SSSR count). The summed E-state index contributed by atoms with van der Waals surface area (Å²) < 4.78 is 0. The molecule has 0 unspecified atom stereocenters. The smallest absolute Gasteiger partial charge is 0.188 e. The van der Waals surface area contributed by atoms with Crippen LogP contribution in [0.3, 0.4) is 0 Å². The minimum Gasteiger partial charge on any atom is -0.257 e. The van der Waals surface area contributed by atoms with Crippen molar-refractivity contribution in [1.82, 2.24) is 4.98 Å². The number of hydrogen-bond donors (Lipinski definition) is 0. The maximum Gasteiger partial charge on any atom is 0.188 e. The summed E-state index contributed by atoms with van der Waals surface area (Å²) in [4.78, 5) is 7.29. The Labute approximate surface area is 92.2 Å². The average Bonchev–Trinajstić information content (AvgIpc) is 2.46. The van der Waals surface area contributed by atoms with E-state index in [1.807, 2.05) is 11.3 Å². The summed E-state index contributed by atoms with van der Waals surface area (Å²) in [6, 6.07) is 0. The van der Waals surface area contributed by atoms with E-state index >= 15 is 0 Å². The Bertz CT molecular complexity index is 291. The zero-order chi connectivity index (χ0) is 10.7. The van der Waals surface area contributed by atoms with Crippen molar-refractivity contribution in [3.8, 4) is 0 Å². The Morgan fingerprint density at radius 2 is 1.93 bits per heavy atom. The number of thiazole rings is 1. The highest BCUT2D eigenvalue weighted by Gasteiger charge is 2.14. The SMILES string of the molecule is C[B]c1nc(C(C)C)c(CC(C)C)s1. The fourth-order valence-corrected chi connectivity index (χ4v) is 2.79. The molecule has 0 aliphatic carbocycles. The summed E-state index contributed by atoms with van der Waals surface area (Å²) in [5.41, 5.74) is 1.30. The molecule has 0 atom stereocenters. The molecule has 3 heteroatoms. The van der Waals surface area contributed by atoms with Crippen molar-refractivity contribution in [2.45, 2.75) is 46.9 Å². The minimum atomic E-state index is 0.550. The Morgan fingerprint density at radius 1 is 1.29 bits per heavy atom. The summed E-state index contributed by atoms with van der Waals surface area (Å²) in [6.45, 7) is 11.0. The number of nitrogens with zero attached hydrogens (tertiary/aromatic N) is 1. The Kier molecular flexibility index (Phi) is 4.18. The first-order chi connectivity index (χ1) is 6.54. The van der Waals surface area contributed by atoms with Gasteiger partial charge in [-0.05, 0) is 18.3 Å². The van der Waals surface area contributed by atoms with Gasteiger partial charge in [-0.3, -0.25) is 4.98 Å². The van der Waals surface area contributed by atoms with E-state index in [-0.39, 0.29) is 0 Å². The predicted molar refractivity (Wildman–Crippen MR) is 66.0 cm³/mol. The molecule has 0 aliphatic heterocycles. The van der Waals surface area contributed by atoms with Gasteiger partial charge in [0.25, 0.3) is 0 Å². The van der Waals surface area contributed by atoms with Gasteiger partial charge in [0, 0.05) is 9.78 Å². The first kappa shape index (κ1) is 11.8. The molecule has 1 aromatic rings. The summed E-state index contributed by atoms with van der Waals surface area (Å²) in [7, 11) is 2.10. The van der Waals surface area contributed by atoms with Crippen LogP contribution in [0, 0.1) is 5.92 Å². The molecule has 0 spiro atoms. The fraction of sp³-hybridized carbons (Fsp3) is 0.727. The molecule has 1 aromatic heterocycles. The van der Waals surface area contributed by atoms with E-state index in [1.54, 1.807) is 0 Å². The second kappa shape index (κ2) is 4.97. The van der Waals surface area contributed by atoms with Crippen LogP contribution in [0.1, 0.15) is 44.2 Å². The molecule has 1 heterocycles. The van der Waals surface area contributed by atoms with Crippen molar-refractivity contribution < 1.29 is 0 Å². The zero-order valence-electron chi connectivity index (χ0n) is 9.79. The van der Waals surface area contributed by atoms with Gasteiger partial charge >= 0.3 is 0 Å². The molecule has 1 radical (unpaired) electrons. The third kappa shape index (κ3) is 2.84. The molecule has 77 valence electrons. The van der Waals surface area contributed by atoms with Gasteiger partial charge in [-0.2, -0.15) is 0 Å². The van der Waals surface area contributed by atoms with Crippen molar-refractivity contribution in [2.24, 2.45) is 5.92 Å². The molecule has 0 bridgehead atoms. The Hall–Kier alpha value is -0.305. The standard InChI is InChI=1S/C11H19BNS/c1-7(2)6-9-10(8(3)4)13-11(12-5)14-9/h7-8H,6H2,1-5H3. The molecular weight excluding hydrogens is 189 g/mol. The lowest BCUT2D eigenvalue weighted by Gasteiger charge is -2.06. The normalized spacial score (nSPS) is 11.4. The van der Waals surface area contributed by atoms with Crippen LogP contribution in [0.2, 0.25) is 6.82 Å². The van der Waals surface area contributed by atoms with Crippen LogP contribution in [0.5, 0.6) is 0 Å². The van der Waals surface area contributed by atoms with Gasteiger partial charge in [-0.1, -0.05) is 34.5 Å². The Balaban J connectivity index is 2.93. The maximum absolute atomic E-state index is 4.64. The second-order valence-electron chi connectivity index (χ2n) is 4.40. The van der Waals surface area contributed by atoms with Crippen LogP contribution < -0.4 is 4.91 Å². The minimum absolute atomic E-state index is 0.550. The first-order valence-electron chi connectivity index (χ1n) is 5.33. The molecule has 0 fully saturated rings. The third-order valence-corrected chi connectivity index (χ3v) is 3.29. The summed E-state index contributed by atoms with van der Waals surface area (Å²) in [6.07, 6.45) is 1.17. The van der Waals surface area contributed by atoms with Crippen molar-refractivity contribution >= 4 is 23.5 Å². The van der Waals surface area contributed by atoms with Gasteiger partial charge in [-0.25, -0.2) is 0 Å². The van der Waals surface area contributed by atoms with E-state index in [0.717, 1.165) is 5.92 Å². The molecule has 0 N–H and O–H groups in total. The third-order valence-electron chi connectivity index (χ3n) is 2.13. The average molecular weight is 208 g/mol. The summed E-state index contributed by atoms with van der Waals surface area (Å²) in [5, 5.41) is 0. The molecule has 0 aliphatic rings. The van der Waals surface area contributed by atoms with Crippen LogP contribution in [0.25, 0.3) is 0 Å². The highest BCUT2D eigenvalue weighted by atomic mass is 32.1. The molecular formula is C11H19BNS. The molecule has 0 aromatic carbocycles. The highest BCUT2D eigenvalue weighted by molar-refractivity contribution is 7.20. The highest BCUT2D eigenvalue weighted by Crippen LogP contribution is 2.23. The quantitative estimate of drug-likeness (QED) is 0.693.